The van der Waals surface area contributed by atoms with Crippen molar-refractivity contribution in [3.05, 3.63) is 59.2 Å². The van der Waals surface area contributed by atoms with Crippen molar-refractivity contribution in [1.29, 1.82) is 0 Å². The summed E-state index contributed by atoms with van der Waals surface area (Å²) in [6.45, 7) is 6.03. The van der Waals surface area contributed by atoms with Crippen LogP contribution in [0.1, 0.15) is 43.0 Å². The number of hydrogen-bond donors (Lipinski definition) is 2. The summed E-state index contributed by atoms with van der Waals surface area (Å²) in [5.74, 6) is 0.812. The lowest BCUT2D eigenvalue weighted by Crippen LogP contribution is -2.42. The fraction of sp³-hybridized carbons (Fsp3) is 0.350. The Hall–Kier alpha value is -2.28. The highest BCUT2D eigenvalue weighted by atomic mass is 32.1. The first-order valence-electron chi connectivity index (χ1n) is 8.58. The van der Waals surface area contributed by atoms with Crippen LogP contribution >= 0.6 is 12.2 Å². The molecule has 0 amide bonds. The van der Waals surface area contributed by atoms with Crippen LogP contribution in [0.2, 0.25) is 0 Å². The molecule has 0 spiro atoms. The van der Waals surface area contributed by atoms with Crippen LogP contribution < -0.4 is 15.4 Å². The van der Waals surface area contributed by atoms with E-state index in [-0.39, 0.29) is 11.6 Å². The van der Waals surface area contributed by atoms with Crippen molar-refractivity contribution < 1.29 is 17.9 Å². The SMILES string of the molecule is Cc1ccc2c(c1)C(NC(=S)Nc1ccc(C(F)(F)F)cc1)CC(C)(C)O2. The third-order valence-corrected chi connectivity index (χ3v) is 4.62. The molecule has 0 aliphatic carbocycles. The van der Waals surface area contributed by atoms with Gasteiger partial charge >= 0.3 is 6.18 Å². The molecule has 0 saturated carbocycles. The van der Waals surface area contributed by atoms with E-state index in [1.807, 2.05) is 32.9 Å². The molecule has 3 rings (SSSR count). The molecular formula is C20H21F3N2OS. The first kappa shape index (κ1) is 19.5. The van der Waals surface area contributed by atoms with Crippen LogP contribution in [-0.2, 0) is 6.18 Å². The molecule has 0 fully saturated rings. The maximum absolute atomic E-state index is 12.7. The van der Waals surface area contributed by atoms with Gasteiger partial charge in [-0.15, -0.1) is 0 Å². The molecule has 2 aromatic rings. The smallest absolute Gasteiger partial charge is 0.416 e. The number of nitrogens with one attached hydrogen (secondary N) is 2. The molecule has 7 heteroatoms. The second kappa shape index (κ2) is 7.03. The number of rotatable bonds is 2. The molecule has 2 N–H and O–H groups in total. The molecule has 27 heavy (non-hydrogen) atoms. The summed E-state index contributed by atoms with van der Waals surface area (Å²) in [6.07, 6.45) is -3.65. The number of anilines is 1. The van der Waals surface area contributed by atoms with E-state index in [0.717, 1.165) is 29.0 Å². The van der Waals surface area contributed by atoms with Crippen molar-refractivity contribution in [2.45, 2.75) is 45.0 Å². The van der Waals surface area contributed by atoms with Gasteiger partial charge in [-0.3, -0.25) is 0 Å². The molecule has 0 aromatic heterocycles. The van der Waals surface area contributed by atoms with Gasteiger partial charge in [0.05, 0.1) is 11.6 Å². The number of hydrogen-bond acceptors (Lipinski definition) is 2. The summed E-state index contributed by atoms with van der Waals surface area (Å²) in [6, 6.07) is 10.7. The minimum atomic E-state index is -4.35. The molecule has 144 valence electrons. The summed E-state index contributed by atoms with van der Waals surface area (Å²) < 4.78 is 44.0. The lowest BCUT2D eigenvalue weighted by molar-refractivity contribution is -0.137. The number of benzene rings is 2. The van der Waals surface area contributed by atoms with Gasteiger partial charge in [0.15, 0.2) is 5.11 Å². The summed E-state index contributed by atoms with van der Waals surface area (Å²) in [7, 11) is 0. The first-order chi connectivity index (χ1) is 12.5. The normalized spacial score (nSPS) is 18.2. The minimum Gasteiger partial charge on any atom is -0.487 e. The zero-order valence-corrected chi connectivity index (χ0v) is 16.1. The quantitative estimate of drug-likeness (QED) is 0.650. The van der Waals surface area contributed by atoms with Gasteiger partial charge in [0, 0.05) is 17.7 Å². The van der Waals surface area contributed by atoms with Crippen LogP contribution in [0.15, 0.2) is 42.5 Å². The van der Waals surface area contributed by atoms with Gasteiger partial charge in [-0.05, 0) is 63.3 Å². The van der Waals surface area contributed by atoms with E-state index in [1.165, 1.54) is 12.1 Å². The van der Waals surface area contributed by atoms with Crippen molar-refractivity contribution in [1.82, 2.24) is 5.32 Å². The van der Waals surface area contributed by atoms with Crippen molar-refractivity contribution in [2.24, 2.45) is 0 Å². The van der Waals surface area contributed by atoms with Gasteiger partial charge in [-0.25, -0.2) is 0 Å². The molecule has 0 saturated heterocycles. The zero-order valence-electron chi connectivity index (χ0n) is 15.3. The maximum atomic E-state index is 12.7. The summed E-state index contributed by atoms with van der Waals surface area (Å²) >= 11 is 5.37. The summed E-state index contributed by atoms with van der Waals surface area (Å²) in [4.78, 5) is 0. The van der Waals surface area contributed by atoms with Gasteiger partial charge in [0.1, 0.15) is 11.4 Å². The monoisotopic (exact) mass is 394 g/mol. The van der Waals surface area contributed by atoms with Crippen LogP contribution in [0.25, 0.3) is 0 Å². The predicted octanol–water partition coefficient (Wildman–Crippen LogP) is 5.60. The van der Waals surface area contributed by atoms with E-state index in [2.05, 4.69) is 16.7 Å². The zero-order chi connectivity index (χ0) is 19.8. The average Bonchev–Trinajstić information content (AvgIpc) is 2.54. The van der Waals surface area contributed by atoms with E-state index in [0.29, 0.717) is 17.2 Å². The molecule has 0 bridgehead atoms. The Balaban J connectivity index is 1.73. The summed E-state index contributed by atoms with van der Waals surface area (Å²) in [5, 5.41) is 6.57. The molecule has 2 aromatic carbocycles. The number of fused-ring (bicyclic) bond motifs is 1. The largest absolute Gasteiger partial charge is 0.487 e. The van der Waals surface area contributed by atoms with Crippen molar-refractivity contribution in [3.8, 4) is 5.75 Å². The first-order valence-corrected chi connectivity index (χ1v) is 8.99. The standard InChI is InChI=1S/C20H21F3N2OS/c1-12-4-9-17-15(10-12)16(11-19(2,3)26-17)25-18(27)24-14-7-5-13(6-8-14)20(21,22)23/h4-10,16H,11H2,1-3H3,(H2,24,25,27). The van der Waals surface area contributed by atoms with Gasteiger partial charge in [-0.2, -0.15) is 13.2 Å². The van der Waals surface area contributed by atoms with E-state index >= 15 is 0 Å². The van der Waals surface area contributed by atoms with Gasteiger partial charge < -0.3 is 15.4 Å². The number of alkyl halides is 3. The highest BCUT2D eigenvalue weighted by Gasteiger charge is 2.34. The predicted molar refractivity (Wildman–Crippen MR) is 104 cm³/mol. The Morgan fingerprint density at radius 1 is 1.15 bits per heavy atom. The Labute approximate surface area is 161 Å². The molecule has 1 atom stereocenters. The highest BCUT2D eigenvalue weighted by molar-refractivity contribution is 7.80. The number of ether oxygens (including phenoxy) is 1. The van der Waals surface area contributed by atoms with Crippen LogP contribution in [-0.4, -0.2) is 10.7 Å². The molecular weight excluding hydrogens is 373 g/mol. The fourth-order valence-electron chi connectivity index (χ4n) is 3.17. The molecule has 1 aliphatic heterocycles. The lowest BCUT2D eigenvalue weighted by atomic mass is 9.89. The van der Waals surface area contributed by atoms with Crippen LogP contribution in [0, 0.1) is 6.92 Å². The van der Waals surface area contributed by atoms with E-state index in [9.17, 15) is 13.2 Å². The van der Waals surface area contributed by atoms with E-state index in [1.54, 1.807) is 0 Å². The Kier molecular flexibility index (Phi) is 5.08. The Bertz CT molecular complexity index is 847. The fourth-order valence-corrected chi connectivity index (χ4v) is 3.43. The third-order valence-electron chi connectivity index (χ3n) is 4.40. The van der Waals surface area contributed by atoms with Gasteiger partial charge in [-0.1, -0.05) is 17.7 Å². The summed E-state index contributed by atoms with van der Waals surface area (Å²) in [5.41, 5.74) is 1.58. The Morgan fingerprint density at radius 3 is 2.44 bits per heavy atom. The van der Waals surface area contributed by atoms with Crippen LogP contribution in [0.3, 0.4) is 0 Å². The number of halogens is 3. The third kappa shape index (κ3) is 4.71. The van der Waals surface area contributed by atoms with E-state index < -0.39 is 11.7 Å². The van der Waals surface area contributed by atoms with E-state index in [4.69, 9.17) is 17.0 Å². The minimum absolute atomic E-state index is 0.0573. The number of aryl methyl sites for hydroxylation is 1. The van der Waals surface area contributed by atoms with Crippen LogP contribution in [0.4, 0.5) is 18.9 Å². The second-order valence-electron chi connectivity index (χ2n) is 7.33. The van der Waals surface area contributed by atoms with Crippen molar-refractivity contribution >= 4 is 23.0 Å². The Morgan fingerprint density at radius 2 is 1.81 bits per heavy atom. The highest BCUT2D eigenvalue weighted by Crippen LogP contribution is 2.40. The maximum Gasteiger partial charge on any atom is 0.416 e. The van der Waals surface area contributed by atoms with Gasteiger partial charge in [0.2, 0.25) is 0 Å². The average molecular weight is 394 g/mol. The second-order valence-corrected chi connectivity index (χ2v) is 7.74. The molecule has 1 heterocycles. The van der Waals surface area contributed by atoms with Gasteiger partial charge in [0.25, 0.3) is 0 Å². The van der Waals surface area contributed by atoms with Crippen molar-refractivity contribution in [2.75, 3.05) is 5.32 Å². The molecule has 3 nitrogen and oxygen atoms in total. The topological polar surface area (TPSA) is 33.3 Å². The lowest BCUT2D eigenvalue weighted by Gasteiger charge is -2.38. The molecule has 0 radical (unpaired) electrons. The van der Waals surface area contributed by atoms with Crippen LogP contribution in [0.5, 0.6) is 5.75 Å². The molecule has 1 unspecified atom stereocenters. The van der Waals surface area contributed by atoms with Crippen molar-refractivity contribution in [3.63, 3.8) is 0 Å². The number of thiocarbonyl (C=S) groups is 1. The molecule has 1 aliphatic rings.